The van der Waals surface area contributed by atoms with Gasteiger partial charge in [0.05, 0.1) is 27.9 Å². The van der Waals surface area contributed by atoms with Crippen molar-refractivity contribution in [3.05, 3.63) is 64.4 Å². The first kappa shape index (κ1) is 24.5. The lowest BCUT2D eigenvalue weighted by Gasteiger charge is -2.19. The maximum absolute atomic E-state index is 13.1. The van der Waals surface area contributed by atoms with Gasteiger partial charge in [0.1, 0.15) is 0 Å². The molecule has 1 heterocycles. The Morgan fingerprint density at radius 3 is 2.52 bits per heavy atom. The molecule has 0 aliphatic heterocycles. The summed E-state index contributed by atoms with van der Waals surface area (Å²) in [5, 5.41) is 13.0. The molecule has 0 unspecified atom stereocenters. The van der Waals surface area contributed by atoms with E-state index in [9.17, 15) is 19.5 Å². The lowest BCUT2D eigenvalue weighted by atomic mass is 10.2. The molecule has 0 atom stereocenters. The molecule has 0 spiro atoms. The molecule has 0 fully saturated rings. The predicted octanol–water partition coefficient (Wildman–Crippen LogP) is 3.56. The molecule has 2 aromatic carbocycles. The molecule has 2 N–H and O–H groups in total. The maximum atomic E-state index is 13.1. The van der Waals surface area contributed by atoms with Crippen LogP contribution in [0.2, 0.25) is 0 Å². The van der Waals surface area contributed by atoms with Crippen molar-refractivity contribution in [3.8, 4) is 0 Å². The number of anilines is 1. The van der Waals surface area contributed by atoms with Crippen LogP contribution >= 0.6 is 11.8 Å². The van der Waals surface area contributed by atoms with Gasteiger partial charge in [0.15, 0.2) is 5.16 Å². The van der Waals surface area contributed by atoms with Crippen molar-refractivity contribution in [2.24, 2.45) is 0 Å². The third kappa shape index (κ3) is 6.21. The van der Waals surface area contributed by atoms with E-state index in [-0.39, 0.29) is 28.5 Å². The number of aromatic nitrogens is 2. The zero-order valence-corrected chi connectivity index (χ0v) is 19.6. The fourth-order valence-electron chi connectivity index (χ4n) is 3.54. The molecule has 1 aromatic heterocycles. The summed E-state index contributed by atoms with van der Waals surface area (Å²) in [4.78, 5) is 44.0. The average Bonchev–Trinajstić information content (AvgIpc) is 2.82. The maximum Gasteiger partial charge on any atom is 0.337 e. The van der Waals surface area contributed by atoms with Crippen LogP contribution in [0.1, 0.15) is 30.6 Å². The number of amides is 1. The highest BCUT2D eigenvalue weighted by Crippen LogP contribution is 2.20. The number of nitrogens with one attached hydrogen (secondary N) is 1. The molecule has 8 nitrogen and oxygen atoms in total. The topological polar surface area (TPSA) is 105 Å². The Labute approximate surface area is 196 Å². The zero-order chi connectivity index (χ0) is 23.8. The summed E-state index contributed by atoms with van der Waals surface area (Å²) < 4.78 is 1.63. The van der Waals surface area contributed by atoms with Crippen LogP contribution in [-0.4, -0.2) is 56.8 Å². The summed E-state index contributed by atoms with van der Waals surface area (Å²) in [5.74, 6) is -1.49. The van der Waals surface area contributed by atoms with Crippen LogP contribution in [0, 0.1) is 0 Å². The predicted molar refractivity (Wildman–Crippen MR) is 131 cm³/mol. The molecule has 0 aliphatic rings. The van der Waals surface area contributed by atoms with Crippen LogP contribution in [-0.2, 0) is 11.3 Å². The summed E-state index contributed by atoms with van der Waals surface area (Å²) in [5.41, 5.74) is 0.715. The molecule has 3 rings (SSSR count). The van der Waals surface area contributed by atoms with Crippen LogP contribution in [0.4, 0.5) is 5.69 Å². The summed E-state index contributed by atoms with van der Waals surface area (Å²) in [6, 6.07) is 13.4. The van der Waals surface area contributed by atoms with E-state index in [4.69, 9.17) is 0 Å². The number of fused-ring (bicyclic) bond motifs is 1. The second-order valence-corrected chi connectivity index (χ2v) is 8.38. The summed E-state index contributed by atoms with van der Waals surface area (Å²) in [7, 11) is 0. The molecular weight excluding hydrogens is 440 g/mol. The molecule has 0 saturated heterocycles. The molecular formula is C24H28N4O4S. The van der Waals surface area contributed by atoms with Crippen LogP contribution in [0.3, 0.4) is 0 Å². The summed E-state index contributed by atoms with van der Waals surface area (Å²) in [6.07, 6.45) is 0.785. The van der Waals surface area contributed by atoms with Crippen molar-refractivity contribution >= 4 is 40.2 Å². The average molecular weight is 469 g/mol. The minimum absolute atomic E-state index is 0.00518. The zero-order valence-electron chi connectivity index (χ0n) is 18.8. The first-order chi connectivity index (χ1) is 15.9. The van der Waals surface area contributed by atoms with E-state index in [1.807, 2.05) is 12.1 Å². The van der Waals surface area contributed by atoms with Crippen LogP contribution in [0.15, 0.2) is 58.5 Å². The number of hydrogen-bond acceptors (Lipinski definition) is 6. The van der Waals surface area contributed by atoms with E-state index in [0.29, 0.717) is 22.6 Å². The molecule has 174 valence electrons. The van der Waals surface area contributed by atoms with Crippen LogP contribution in [0.5, 0.6) is 0 Å². The smallest absolute Gasteiger partial charge is 0.337 e. The number of carboxylic acids is 1. The third-order valence-corrected chi connectivity index (χ3v) is 6.32. The quantitative estimate of drug-likeness (QED) is 0.327. The lowest BCUT2D eigenvalue weighted by molar-refractivity contribution is -0.113. The van der Waals surface area contributed by atoms with E-state index >= 15 is 0 Å². The van der Waals surface area contributed by atoms with Gasteiger partial charge in [-0.2, -0.15) is 0 Å². The monoisotopic (exact) mass is 468 g/mol. The normalized spacial score (nSPS) is 11.1. The first-order valence-electron chi connectivity index (χ1n) is 10.9. The standard InChI is InChI=1S/C24H28N4O4S/c1-3-27(4-2)14-9-15-28-22(30)17-10-5-7-12-19(17)26-24(28)33-16-21(29)25-20-13-8-6-11-18(20)23(31)32/h5-8,10-13H,3-4,9,14-16H2,1-2H3,(H,25,29)(H,31,32). The van der Waals surface area contributed by atoms with Crippen molar-refractivity contribution in [1.82, 2.24) is 14.5 Å². The number of carboxylic acid groups (broad SMARTS) is 1. The number of aromatic carboxylic acids is 1. The Kier molecular flexibility index (Phi) is 8.62. The van der Waals surface area contributed by atoms with Gasteiger partial charge >= 0.3 is 5.97 Å². The van der Waals surface area contributed by atoms with Gasteiger partial charge in [0.25, 0.3) is 5.56 Å². The number of para-hydroxylation sites is 2. The number of nitrogens with zero attached hydrogens (tertiary/aromatic N) is 3. The molecule has 0 saturated carbocycles. The second kappa shape index (κ2) is 11.6. The fourth-order valence-corrected chi connectivity index (χ4v) is 4.37. The van der Waals surface area contributed by atoms with Gasteiger partial charge in [-0.1, -0.05) is 49.9 Å². The highest BCUT2D eigenvalue weighted by molar-refractivity contribution is 7.99. The van der Waals surface area contributed by atoms with E-state index < -0.39 is 5.97 Å². The van der Waals surface area contributed by atoms with Crippen molar-refractivity contribution < 1.29 is 14.7 Å². The molecule has 0 bridgehead atoms. The largest absolute Gasteiger partial charge is 0.478 e. The van der Waals surface area contributed by atoms with Crippen molar-refractivity contribution in [2.75, 3.05) is 30.7 Å². The number of thioether (sulfide) groups is 1. The van der Waals surface area contributed by atoms with E-state index in [1.54, 1.807) is 34.9 Å². The molecule has 9 heteroatoms. The van der Waals surface area contributed by atoms with Gasteiger partial charge in [-0.25, -0.2) is 9.78 Å². The van der Waals surface area contributed by atoms with Gasteiger partial charge < -0.3 is 15.3 Å². The van der Waals surface area contributed by atoms with Crippen LogP contribution in [0.25, 0.3) is 10.9 Å². The summed E-state index contributed by atoms with van der Waals surface area (Å²) in [6.45, 7) is 7.47. The fraction of sp³-hybridized carbons (Fsp3) is 0.333. The Hall–Kier alpha value is -3.17. The number of benzene rings is 2. The number of rotatable bonds is 11. The van der Waals surface area contributed by atoms with E-state index in [0.717, 1.165) is 26.1 Å². The van der Waals surface area contributed by atoms with E-state index in [2.05, 4.69) is 29.0 Å². The summed E-state index contributed by atoms with van der Waals surface area (Å²) >= 11 is 1.17. The molecule has 1 amide bonds. The van der Waals surface area contributed by atoms with Crippen LogP contribution < -0.4 is 10.9 Å². The van der Waals surface area contributed by atoms with Gasteiger partial charge in [0.2, 0.25) is 5.91 Å². The highest BCUT2D eigenvalue weighted by atomic mass is 32.2. The van der Waals surface area contributed by atoms with Gasteiger partial charge in [-0.3, -0.25) is 14.2 Å². The Morgan fingerprint density at radius 2 is 1.79 bits per heavy atom. The third-order valence-electron chi connectivity index (χ3n) is 5.34. The molecule has 0 aliphatic carbocycles. The highest BCUT2D eigenvalue weighted by Gasteiger charge is 2.15. The number of hydrogen-bond donors (Lipinski definition) is 2. The minimum atomic E-state index is -1.11. The Bertz CT molecular complexity index is 1190. The minimum Gasteiger partial charge on any atom is -0.478 e. The Balaban J connectivity index is 1.79. The number of carbonyl (C=O) groups is 2. The Morgan fingerprint density at radius 1 is 1.09 bits per heavy atom. The molecule has 0 radical (unpaired) electrons. The lowest BCUT2D eigenvalue weighted by Crippen LogP contribution is -2.28. The van der Waals surface area contributed by atoms with Gasteiger partial charge in [-0.15, -0.1) is 0 Å². The second-order valence-electron chi connectivity index (χ2n) is 7.44. The first-order valence-corrected chi connectivity index (χ1v) is 11.9. The van der Waals surface area contributed by atoms with Crippen molar-refractivity contribution in [3.63, 3.8) is 0 Å². The molecule has 3 aromatic rings. The molecule has 33 heavy (non-hydrogen) atoms. The van der Waals surface area contributed by atoms with Crippen molar-refractivity contribution in [1.29, 1.82) is 0 Å². The van der Waals surface area contributed by atoms with Gasteiger partial charge in [-0.05, 0) is 50.3 Å². The van der Waals surface area contributed by atoms with Gasteiger partial charge in [0, 0.05) is 6.54 Å². The SMILES string of the molecule is CCN(CC)CCCn1c(SCC(=O)Nc2ccccc2C(=O)O)nc2ccccc2c1=O. The van der Waals surface area contributed by atoms with Crippen molar-refractivity contribution in [2.45, 2.75) is 32.0 Å². The van der Waals surface area contributed by atoms with E-state index in [1.165, 1.54) is 17.8 Å². The number of carbonyl (C=O) groups excluding carboxylic acids is 1.